The predicted molar refractivity (Wildman–Crippen MR) is 85.6 cm³/mol. The Labute approximate surface area is 141 Å². The van der Waals surface area contributed by atoms with Gasteiger partial charge >= 0.3 is 6.18 Å². The van der Waals surface area contributed by atoms with Gasteiger partial charge in [-0.3, -0.25) is 0 Å². The van der Waals surface area contributed by atoms with Crippen LogP contribution >= 0.6 is 43.5 Å². The molecule has 0 aliphatic rings. The normalized spacial score (nSPS) is 11.5. The zero-order valence-electron chi connectivity index (χ0n) is 10.4. The van der Waals surface area contributed by atoms with E-state index in [2.05, 4.69) is 37.2 Å². The van der Waals surface area contributed by atoms with Crippen molar-refractivity contribution in [2.75, 3.05) is 5.32 Å². The summed E-state index contributed by atoms with van der Waals surface area (Å²) in [7, 11) is 0. The molecule has 0 atom stereocenters. The molecule has 2 aromatic carbocycles. The number of benzene rings is 2. The molecule has 1 N–H and O–H groups in total. The monoisotopic (exact) mass is 441 g/mol. The van der Waals surface area contributed by atoms with E-state index in [1.807, 2.05) is 12.1 Å². The van der Waals surface area contributed by atoms with E-state index in [-0.39, 0.29) is 4.47 Å². The van der Waals surface area contributed by atoms with Crippen LogP contribution in [0.1, 0.15) is 11.1 Å². The standard InChI is InChI=1S/C14H9Br2ClF3N/c15-9-2-1-8(13(17)5-9)7-21-10-3-4-12(16)11(6-10)14(18,19)20/h1-6,21H,7H2. The summed E-state index contributed by atoms with van der Waals surface area (Å²) in [6.07, 6.45) is -4.40. The minimum Gasteiger partial charge on any atom is -0.381 e. The highest BCUT2D eigenvalue weighted by Gasteiger charge is 2.33. The molecular formula is C14H9Br2ClF3N. The van der Waals surface area contributed by atoms with Crippen LogP contribution in [0.5, 0.6) is 0 Å². The molecule has 2 rings (SSSR count). The Kier molecular flexibility index (Phi) is 5.22. The first kappa shape index (κ1) is 16.6. The molecule has 0 aromatic heterocycles. The van der Waals surface area contributed by atoms with Crippen molar-refractivity contribution in [3.63, 3.8) is 0 Å². The molecule has 0 aliphatic heterocycles. The van der Waals surface area contributed by atoms with Gasteiger partial charge in [0.2, 0.25) is 0 Å². The van der Waals surface area contributed by atoms with Crippen LogP contribution in [0.2, 0.25) is 5.02 Å². The zero-order valence-corrected chi connectivity index (χ0v) is 14.4. The molecule has 7 heteroatoms. The van der Waals surface area contributed by atoms with Crippen molar-refractivity contribution in [1.29, 1.82) is 0 Å². The third-order valence-electron chi connectivity index (χ3n) is 2.77. The van der Waals surface area contributed by atoms with E-state index in [4.69, 9.17) is 11.6 Å². The summed E-state index contributed by atoms with van der Waals surface area (Å²) in [6.45, 7) is 0.338. The van der Waals surface area contributed by atoms with Gasteiger partial charge in [-0.2, -0.15) is 13.2 Å². The SMILES string of the molecule is FC(F)(F)c1cc(NCc2ccc(Br)cc2Cl)ccc1Br. The molecule has 0 radical (unpaired) electrons. The molecule has 0 bridgehead atoms. The minimum absolute atomic E-state index is 0.0159. The van der Waals surface area contributed by atoms with Gasteiger partial charge in [0, 0.05) is 26.2 Å². The molecule has 0 aliphatic carbocycles. The predicted octanol–water partition coefficient (Wildman–Crippen LogP) is 6.50. The van der Waals surface area contributed by atoms with Crippen molar-refractivity contribution < 1.29 is 13.2 Å². The van der Waals surface area contributed by atoms with Crippen LogP contribution in [-0.4, -0.2) is 0 Å². The lowest BCUT2D eigenvalue weighted by Gasteiger charge is -2.13. The van der Waals surface area contributed by atoms with Crippen LogP contribution < -0.4 is 5.32 Å². The van der Waals surface area contributed by atoms with E-state index in [0.717, 1.165) is 16.1 Å². The van der Waals surface area contributed by atoms with Crippen molar-refractivity contribution in [3.05, 3.63) is 61.5 Å². The van der Waals surface area contributed by atoms with Gasteiger partial charge in [-0.15, -0.1) is 0 Å². The van der Waals surface area contributed by atoms with Crippen molar-refractivity contribution in [3.8, 4) is 0 Å². The summed E-state index contributed by atoms with van der Waals surface area (Å²) in [5.41, 5.74) is 0.468. The number of halogens is 6. The molecule has 0 amide bonds. The average Bonchev–Trinajstić information content (AvgIpc) is 2.38. The van der Waals surface area contributed by atoms with Gasteiger partial charge in [0.15, 0.2) is 0 Å². The fourth-order valence-corrected chi connectivity index (χ4v) is 2.93. The van der Waals surface area contributed by atoms with Crippen LogP contribution in [0, 0.1) is 0 Å². The summed E-state index contributed by atoms with van der Waals surface area (Å²) < 4.78 is 39.3. The second-order valence-corrected chi connectivity index (χ2v) is 6.46. The maximum absolute atomic E-state index is 12.8. The quantitative estimate of drug-likeness (QED) is 0.571. The number of hydrogen-bond acceptors (Lipinski definition) is 1. The van der Waals surface area contributed by atoms with Gasteiger partial charge in [0.1, 0.15) is 0 Å². The topological polar surface area (TPSA) is 12.0 Å². The highest BCUT2D eigenvalue weighted by atomic mass is 79.9. The molecule has 0 fully saturated rings. The number of hydrogen-bond donors (Lipinski definition) is 1. The Hall–Kier alpha value is -0.720. The van der Waals surface area contributed by atoms with E-state index in [0.29, 0.717) is 17.3 Å². The Morgan fingerprint density at radius 3 is 2.38 bits per heavy atom. The third kappa shape index (κ3) is 4.37. The highest BCUT2D eigenvalue weighted by molar-refractivity contribution is 9.10. The third-order valence-corrected chi connectivity index (χ3v) is 4.31. The van der Waals surface area contributed by atoms with Gasteiger partial charge < -0.3 is 5.32 Å². The maximum Gasteiger partial charge on any atom is 0.417 e. The van der Waals surface area contributed by atoms with Crippen molar-refractivity contribution in [2.45, 2.75) is 12.7 Å². The van der Waals surface area contributed by atoms with Crippen LogP contribution in [0.4, 0.5) is 18.9 Å². The fraction of sp³-hybridized carbons (Fsp3) is 0.143. The molecule has 0 saturated heterocycles. The van der Waals surface area contributed by atoms with E-state index < -0.39 is 11.7 Å². The van der Waals surface area contributed by atoms with Gasteiger partial charge in [0.05, 0.1) is 5.56 Å². The van der Waals surface area contributed by atoms with Crippen molar-refractivity contribution in [2.24, 2.45) is 0 Å². The number of alkyl halides is 3. The first-order valence-corrected chi connectivity index (χ1v) is 7.78. The molecule has 0 spiro atoms. The molecule has 112 valence electrons. The Morgan fingerprint density at radius 2 is 1.76 bits per heavy atom. The summed E-state index contributed by atoms with van der Waals surface area (Å²) in [6, 6.07) is 9.38. The van der Waals surface area contributed by atoms with Gasteiger partial charge in [-0.1, -0.05) is 49.5 Å². The summed E-state index contributed by atoms with van der Waals surface area (Å²) in [4.78, 5) is 0. The summed E-state index contributed by atoms with van der Waals surface area (Å²) in [5, 5.41) is 3.49. The second-order valence-electron chi connectivity index (χ2n) is 4.28. The van der Waals surface area contributed by atoms with E-state index in [1.54, 1.807) is 12.1 Å². The largest absolute Gasteiger partial charge is 0.417 e. The average molecular weight is 443 g/mol. The molecule has 0 unspecified atom stereocenters. The minimum atomic E-state index is -4.40. The molecule has 0 saturated carbocycles. The van der Waals surface area contributed by atoms with Crippen LogP contribution in [0.3, 0.4) is 0 Å². The number of anilines is 1. The smallest absolute Gasteiger partial charge is 0.381 e. The molecule has 21 heavy (non-hydrogen) atoms. The van der Waals surface area contributed by atoms with Gasteiger partial charge in [-0.25, -0.2) is 0 Å². The Morgan fingerprint density at radius 1 is 1.05 bits per heavy atom. The van der Waals surface area contributed by atoms with E-state index in [9.17, 15) is 13.2 Å². The van der Waals surface area contributed by atoms with E-state index >= 15 is 0 Å². The van der Waals surface area contributed by atoms with Crippen molar-refractivity contribution >= 4 is 49.1 Å². The number of rotatable bonds is 3. The first-order chi connectivity index (χ1) is 9.77. The highest BCUT2D eigenvalue weighted by Crippen LogP contribution is 2.36. The molecule has 1 nitrogen and oxygen atoms in total. The molecule has 0 heterocycles. The van der Waals surface area contributed by atoms with Gasteiger partial charge in [-0.05, 0) is 35.9 Å². The summed E-state index contributed by atoms with van der Waals surface area (Å²) in [5.74, 6) is 0. The fourth-order valence-electron chi connectivity index (χ4n) is 1.71. The van der Waals surface area contributed by atoms with Crippen molar-refractivity contribution in [1.82, 2.24) is 0 Å². The van der Waals surface area contributed by atoms with Crippen LogP contribution in [0.25, 0.3) is 0 Å². The maximum atomic E-state index is 12.8. The first-order valence-electron chi connectivity index (χ1n) is 5.82. The van der Waals surface area contributed by atoms with E-state index in [1.165, 1.54) is 6.07 Å². The number of nitrogens with one attached hydrogen (secondary N) is 1. The molecular weight excluding hydrogens is 434 g/mol. The van der Waals surface area contributed by atoms with Crippen LogP contribution in [0.15, 0.2) is 45.3 Å². The molecule has 2 aromatic rings. The van der Waals surface area contributed by atoms with Crippen LogP contribution in [-0.2, 0) is 12.7 Å². The second kappa shape index (κ2) is 6.58. The lowest BCUT2D eigenvalue weighted by atomic mass is 10.1. The lowest BCUT2D eigenvalue weighted by Crippen LogP contribution is -2.08. The lowest BCUT2D eigenvalue weighted by molar-refractivity contribution is -0.138. The summed E-state index contributed by atoms with van der Waals surface area (Å²) >= 11 is 12.3. The Bertz CT molecular complexity index is 659. The zero-order chi connectivity index (χ0) is 15.6. The van der Waals surface area contributed by atoms with Gasteiger partial charge in [0.25, 0.3) is 0 Å². The Balaban J connectivity index is 2.17.